The molecule has 0 bridgehead atoms. The van der Waals surface area contributed by atoms with Gasteiger partial charge in [0.15, 0.2) is 0 Å². The number of halogens is 2. The van der Waals surface area contributed by atoms with Crippen molar-refractivity contribution >= 4 is 44.8 Å². The van der Waals surface area contributed by atoms with Crippen molar-refractivity contribution in [1.82, 2.24) is 4.90 Å². The SMILES string of the molecule is COc1ccc(Cl)cc1C(c1ccc(Br)s1)N1CCCC1C(=O)O. The Labute approximate surface area is 158 Å². The Kier molecular flexibility index (Phi) is 5.49. The summed E-state index contributed by atoms with van der Waals surface area (Å²) < 4.78 is 6.53. The normalized spacial score (nSPS) is 19.4. The van der Waals surface area contributed by atoms with E-state index in [9.17, 15) is 9.90 Å². The maximum Gasteiger partial charge on any atom is 0.320 e. The number of nitrogens with zero attached hydrogens (tertiary/aromatic N) is 1. The largest absolute Gasteiger partial charge is 0.496 e. The lowest BCUT2D eigenvalue weighted by molar-refractivity contribution is -0.142. The predicted molar refractivity (Wildman–Crippen MR) is 99.2 cm³/mol. The quantitative estimate of drug-likeness (QED) is 0.739. The van der Waals surface area contributed by atoms with Gasteiger partial charge in [0.2, 0.25) is 0 Å². The minimum Gasteiger partial charge on any atom is -0.496 e. The van der Waals surface area contributed by atoms with Crippen LogP contribution in [0.4, 0.5) is 0 Å². The molecular formula is C17H17BrClNO3S. The van der Waals surface area contributed by atoms with Crippen LogP contribution in [0.5, 0.6) is 5.75 Å². The summed E-state index contributed by atoms with van der Waals surface area (Å²) in [6.07, 6.45) is 1.52. The topological polar surface area (TPSA) is 49.8 Å². The summed E-state index contributed by atoms with van der Waals surface area (Å²) in [5.41, 5.74) is 0.896. The molecule has 24 heavy (non-hydrogen) atoms. The zero-order chi connectivity index (χ0) is 17.3. The molecule has 7 heteroatoms. The van der Waals surface area contributed by atoms with Gasteiger partial charge in [0.05, 0.1) is 16.9 Å². The second-order valence-corrected chi connectivity index (χ2v) is 8.60. The third kappa shape index (κ3) is 3.47. The number of carboxylic acids is 1. The molecule has 1 saturated heterocycles. The van der Waals surface area contributed by atoms with Crippen molar-refractivity contribution in [3.05, 3.63) is 49.6 Å². The molecule has 4 nitrogen and oxygen atoms in total. The van der Waals surface area contributed by atoms with Crippen LogP contribution in [0.25, 0.3) is 0 Å². The number of hydrogen-bond donors (Lipinski definition) is 1. The lowest BCUT2D eigenvalue weighted by Gasteiger charge is -2.31. The first-order valence-corrected chi connectivity index (χ1v) is 9.57. The highest BCUT2D eigenvalue weighted by Gasteiger charge is 2.38. The third-order valence-electron chi connectivity index (χ3n) is 4.26. The summed E-state index contributed by atoms with van der Waals surface area (Å²) in [7, 11) is 1.62. The van der Waals surface area contributed by atoms with E-state index in [0.29, 0.717) is 17.2 Å². The Morgan fingerprint density at radius 2 is 2.25 bits per heavy atom. The number of benzene rings is 1. The van der Waals surface area contributed by atoms with Crippen LogP contribution in [0.1, 0.15) is 29.3 Å². The molecule has 3 rings (SSSR count). The Morgan fingerprint density at radius 3 is 2.88 bits per heavy atom. The first-order valence-electron chi connectivity index (χ1n) is 7.58. The molecule has 0 saturated carbocycles. The molecule has 0 radical (unpaired) electrons. The molecule has 2 unspecified atom stereocenters. The number of rotatable bonds is 5. The van der Waals surface area contributed by atoms with Crippen molar-refractivity contribution in [2.24, 2.45) is 0 Å². The summed E-state index contributed by atoms with van der Waals surface area (Å²) in [6, 6.07) is 8.80. The van der Waals surface area contributed by atoms with Gasteiger partial charge in [-0.05, 0) is 59.1 Å². The lowest BCUT2D eigenvalue weighted by Crippen LogP contribution is -2.39. The molecule has 2 aromatic rings. The van der Waals surface area contributed by atoms with Gasteiger partial charge in [-0.1, -0.05) is 11.6 Å². The van der Waals surface area contributed by atoms with E-state index in [1.807, 2.05) is 29.2 Å². The first-order chi connectivity index (χ1) is 11.5. The van der Waals surface area contributed by atoms with Crippen LogP contribution in [0.3, 0.4) is 0 Å². The third-order valence-corrected chi connectivity index (χ3v) is 6.17. The second-order valence-electron chi connectivity index (χ2n) is 5.66. The van der Waals surface area contributed by atoms with Crippen molar-refractivity contribution in [3.8, 4) is 5.75 Å². The minimum atomic E-state index is -0.783. The van der Waals surface area contributed by atoms with E-state index < -0.39 is 12.0 Å². The van der Waals surface area contributed by atoms with E-state index in [0.717, 1.165) is 27.2 Å². The predicted octanol–water partition coefficient (Wildman–Crippen LogP) is 4.81. The molecule has 1 aromatic carbocycles. The van der Waals surface area contributed by atoms with Gasteiger partial charge in [-0.15, -0.1) is 11.3 Å². The van der Waals surface area contributed by atoms with Gasteiger partial charge in [-0.2, -0.15) is 0 Å². The highest BCUT2D eigenvalue weighted by Crippen LogP contribution is 2.43. The van der Waals surface area contributed by atoms with Crippen LogP contribution < -0.4 is 4.74 Å². The fourth-order valence-corrected chi connectivity index (χ4v) is 5.00. The molecule has 2 heterocycles. The van der Waals surface area contributed by atoms with E-state index in [-0.39, 0.29) is 6.04 Å². The number of likely N-dealkylation sites (tertiary alicyclic amines) is 1. The average Bonchev–Trinajstić information content (AvgIpc) is 3.18. The molecular weight excluding hydrogens is 414 g/mol. The summed E-state index contributed by atoms with van der Waals surface area (Å²) in [5, 5.41) is 10.2. The first kappa shape index (κ1) is 17.7. The monoisotopic (exact) mass is 429 g/mol. The summed E-state index contributed by atoms with van der Waals surface area (Å²) in [5.74, 6) is -0.0703. The Hall–Kier alpha value is -1.08. The Bertz CT molecular complexity index is 751. The van der Waals surface area contributed by atoms with Crippen molar-refractivity contribution < 1.29 is 14.6 Å². The van der Waals surface area contributed by atoms with Gasteiger partial charge in [-0.25, -0.2) is 0 Å². The molecule has 1 aliphatic rings. The molecule has 2 atom stereocenters. The molecule has 0 amide bonds. The van der Waals surface area contributed by atoms with Gasteiger partial charge >= 0.3 is 5.97 Å². The number of methoxy groups -OCH3 is 1. The van der Waals surface area contributed by atoms with Crippen molar-refractivity contribution in [2.45, 2.75) is 24.9 Å². The molecule has 0 spiro atoms. The highest BCUT2D eigenvalue weighted by atomic mass is 79.9. The van der Waals surface area contributed by atoms with E-state index >= 15 is 0 Å². The van der Waals surface area contributed by atoms with Crippen LogP contribution >= 0.6 is 38.9 Å². The molecule has 0 aliphatic carbocycles. The van der Waals surface area contributed by atoms with Crippen LogP contribution in [-0.2, 0) is 4.79 Å². The smallest absolute Gasteiger partial charge is 0.320 e. The van der Waals surface area contributed by atoms with Crippen LogP contribution in [0.15, 0.2) is 34.1 Å². The average molecular weight is 431 g/mol. The van der Waals surface area contributed by atoms with E-state index in [4.69, 9.17) is 16.3 Å². The van der Waals surface area contributed by atoms with Crippen LogP contribution in [0.2, 0.25) is 5.02 Å². The Morgan fingerprint density at radius 1 is 1.46 bits per heavy atom. The van der Waals surface area contributed by atoms with Crippen molar-refractivity contribution in [3.63, 3.8) is 0 Å². The van der Waals surface area contributed by atoms with E-state index in [1.165, 1.54) is 0 Å². The standard InChI is InChI=1S/C17H17BrClNO3S/c1-23-13-5-4-10(19)9-11(13)16(14-6-7-15(18)24-14)20-8-2-3-12(20)17(21)22/h4-7,9,12,16H,2-3,8H2,1H3,(H,21,22). The van der Waals surface area contributed by atoms with Gasteiger partial charge in [-0.3, -0.25) is 9.69 Å². The number of hydrogen-bond acceptors (Lipinski definition) is 4. The van der Waals surface area contributed by atoms with Gasteiger partial charge < -0.3 is 9.84 Å². The van der Waals surface area contributed by atoms with Crippen LogP contribution in [-0.4, -0.2) is 35.7 Å². The second kappa shape index (κ2) is 7.44. The number of carbonyl (C=O) groups is 1. The molecule has 1 fully saturated rings. The van der Waals surface area contributed by atoms with E-state index in [1.54, 1.807) is 24.5 Å². The molecule has 1 aromatic heterocycles. The van der Waals surface area contributed by atoms with Gasteiger partial charge in [0.1, 0.15) is 11.8 Å². The van der Waals surface area contributed by atoms with Crippen molar-refractivity contribution in [1.29, 1.82) is 0 Å². The van der Waals surface area contributed by atoms with Crippen LogP contribution in [0, 0.1) is 0 Å². The highest BCUT2D eigenvalue weighted by molar-refractivity contribution is 9.11. The number of aliphatic carboxylic acids is 1. The molecule has 1 N–H and O–H groups in total. The molecule has 128 valence electrons. The summed E-state index contributed by atoms with van der Waals surface area (Å²) in [6.45, 7) is 0.729. The fourth-order valence-electron chi connectivity index (χ4n) is 3.25. The van der Waals surface area contributed by atoms with E-state index in [2.05, 4.69) is 15.9 Å². The maximum absolute atomic E-state index is 11.7. The summed E-state index contributed by atoms with van der Waals surface area (Å²) in [4.78, 5) is 14.8. The maximum atomic E-state index is 11.7. The molecule has 1 aliphatic heterocycles. The lowest BCUT2D eigenvalue weighted by atomic mass is 10.0. The minimum absolute atomic E-state index is 0.196. The number of thiophene rings is 1. The van der Waals surface area contributed by atoms with Gasteiger partial charge in [0, 0.05) is 22.0 Å². The number of ether oxygens (including phenoxy) is 1. The fraction of sp³-hybridized carbons (Fsp3) is 0.353. The van der Waals surface area contributed by atoms with Crippen molar-refractivity contribution in [2.75, 3.05) is 13.7 Å². The zero-order valence-electron chi connectivity index (χ0n) is 13.0. The summed E-state index contributed by atoms with van der Waals surface area (Å²) >= 11 is 11.3. The Balaban J connectivity index is 2.13. The van der Waals surface area contributed by atoms with Gasteiger partial charge in [0.25, 0.3) is 0 Å². The zero-order valence-corrected chi connectivity index (χ0v) is 16.2. The number of carboxylic acid groups (broad SMARTS) is 1.